The molecule has 0 unspecified atom stereocenters. The lowest BCUT2D eigenvalue weighted by molar-refractivity contribution is 0.465. The number of benzene rings is 2. The maximum Gasteiger partial charge on any atom is 0.133 e. The average Bonchev–Trinajstić information content (AvgIpc) is 2.46. The van der Waals surface area contributed by atoms with E-state index >= 15 is 0 Å². The average molecular weight is 278 g/mol. The van der Waals surface area contributed by atoms with Crippen LogP contribution in [0, 0.1) is 13.8 Å². The minimum absolute atomic E-state index is 0.805. The number of ether oxygens (including phenoxy) is 1. The van der Waals surface area contributed by atoms with Crippen LogP contribution in [0.5, 0.6) is 11.5 Å². The fourth-order valence-electron chi connectivity index (χ4n) is 2.45. The van der Waals surface area contributed by atoms with Gasteiger partial charge in [-0.15, -0.1) is 13.2 Å². The first-order valence-corrected chi connectivity index (χ1v) is 7.24. The summed E-state index contributed by atoms with van der Waals surface area (Å²) in [5.74, 6) is 1.88. The standard InChI is InChI=1S/C20H22O/c1-5-9-17-13-7-11-15(3)19(17)21-20-16(4)12-8-14-18(20)10-6-2/h5-8,11-14H,1-2,9-10H2,3-4H3. The molecule has 0 spiro atoms. The Morgan fingerprint density at radius 1 is 0.810 bits per heavy atom. The monoisotopic (exact) mass is 278 g/mol. The molecule has 1 nitrogen and oxygen atoms in total. The lowest BCUT2D eigenvalue weighted by Gasteiger charge is -2.17. The van der Waals surface area contributed by atoms with E-state index in [4.69, 9.17) is 4.74 Å². The van der Waals surface area contributed by atoms with Gasteiger partial charge in [0.2, 0.25) is 0 Å². The van der Waals surface area contributed by atoms with Crippen LogP contribution in [0.3, 0.4) is 0 Å². The third-order valence-electron chi connectivity index (χ3n) is 3.52. The van der Waals surface area contributed by atoms with Crippen molar-refractivity contribution in [3.05, 3.63) is 84.0 Å². The number of aryl methyl sites for hydroxylation is 2. The topological polar surface area (TPSA) is 9.23 Å². The molecule has 0 aliphatic carbocycles. The molecule has 0 aromatic heterocycles. The van der Waals surface area contributed by atoms with Gasteiger partial charge in [0.05, 0.1) is 0 Å². The van der Waals surface area contributed by atoms with Gasteiger partial charge in [0, 0.05) is 0 Å². The third-order valence-corrected chi connectivity index (χ3v) is 3.52. The second kappa shape index (κ2) is 6.94. The molecule has 0 N–H and O–H groups in total. The van der Waals surface area contributed by atoms with E-state index in [1.54, 1.807) is 0 Å². The van der Waals surface area contributed by atoms with Crippen LogP contribution in [0.1, 0.15) is 22.3 Å². The van der Waals surface area contributed by atoms with Crippen molar-refractivity contribution in [1.82, 2.24) is 0 Å². The quantitative estimate of drug-likeness (QED) is 0.629. The Morgan fingerprint density at radius 2 is 1.24 bits per heavy atom. The Labute approximate surface area is 127 Å². The smallest absolute Gasteiger partial charge is 0.133 e. The first-order valence-electron chi connectivity index (χ1n) is 7.24. The zero-order chi connectivity index (χ0) is 15.2. The third kappa shape index (κ3) is 3.43. The summed E-state index contributed by atoms with van der Waals surface area (Å²) in [4.78, 5) is 0. The van der Waals surface area contributed by atoms with E-state index in [0.29, 0.717) is 0 Å². The van der Waals surface area contributed by atoms with Gasteiger partial charge in [-0.05, 0) is 48.9 Å². The van der Waals surface area contributed by atoms with Gasteiger partial charge >= 0.3 is 0 Å². The molecule has 0 fully saturated rings. The van der Waals surface area contributed by atoms with Gasteiger partial charge in [-0.2, -0.15) is 0 Å². The molecule has 0 saturated carbocycles. The summed E-state index contributed by atoms with van der Waals surface area (Å²) < 4.78 is 6.31. The maximum absolute atomic E-state index is 6.31. The molecule has 0 saturated heterocycles. The summed E-state index contributed by atoms with van der Waals surface area (Å²) in [6.45, 7) is 11.8. The Hall–Kier alpha value is -2.28. The van der Waals surface area contributed by atoms with Crippen molar-refractivity contribution in [3.63, 3.8) is 0 Å². The van der Waals surface area contributed by atoms with Crippen molar-refractivity contribution < 1.29 is 4.74 Å². The molecular formula is C20H22O. The molecule has 0 radical (unpaired) electrons. The SMILES string of the molecule is C=CCc1cccc(C)c1Oc1c(C)cccc1CC=C. The zero-order valence-corrected chi connectivity index (χ0v) is 12.9. The molecule has 21 heavy (non-hydrogen) atoms. The molecule has 0 heterocycles. The van der Waals surface area contributed by atoms with Crippen LogP contribution in [-0.2, 0) is 12.8 Å². The van der Waals surface area contributed by atoms with Crippen LogP contribution in [0.4, 0.5) is 0 Å². The van der Waals surface area contributed by atoms with Gasteiger partial charge < -0.3 is 4.74 Å². The summed E-state index contributed by atoms with van der Waals surface area (Å²) in [6.07, 6.45) is 5.42. The van der Waals surface area contributed by atoms with E-state index in [-0.39, 0.29) is 0 Å². The summed E-state index contributed by atoms with van der Waals surface area (Å²) in [5, 5.41) is 0. The van der Waals surface area contributed by atoms with Crippen molar-refractivity contribution in [2.45, 2.75) is 26.7 Å². The van der Waals surface area contributed by atoms with Gasteiger partial charge in [-0.25, -0.2) is 0 Å². The summed E-state index contributed by atoms with van der Waals surface area (Å²) in [5.41, 5.74) is 4.61. The normalized spacial score (nSPS) is 10.2. The number of hydrogen-bond donors (Lipinski definition) is 0. The predicted octanol–water partition coefficient (Wildman–Crippen LogP) is 5.55. The first-order chi connectivity index (χ1) is 10.2. The largest absolute Gasteiger partial charge is 0.456 e. The highest BCUT2D eigenvalue weighted by Crippen LogP contribution is 2.34. The highest BCUT2D eigenvalue weighted by molar-refractivity contribution is 5.49. The summed E-state index contributed by atoms with van der Waals surface area (Å²) in [6, 6.07) is 12.5. The second-order valence-electron chi connectivity index (χ2n) is 5.21. The highest BCUT2D eigenvalue weighted by Gasteiger charge is 2.12. The fraction of sp³-hybridized carbons (Fsp3) is 0.200. The van der Waals surface area contributed by atoms with Gasteiger partial charge in [0.15, 0.2) is 0 Å². The number of allylic oxidation sites excluding steroid dienone is 2. The summed E-state index contributed by atoms with van der Waals surface area (Å²) in [7, 11) is 0. The Kier molecular flexibility index (Phi) is 4.99. The van der Waals surface area contributed by atoms with E-state index in [9.17, 15) is 0 Å². The van der Waals surface area contributed by atoms with Crippen molar-refractivity contribution in [1.29, 1.82) is 0 Å². The predicted molar refractivity (Wildman–Crippen MR) is 90.2 cm³/mol. The van der Waals surface area contributed by atoms with Crippen LogP contribution in [0.2, 0.25) is 0 Å². The van der Waals surface area contributed by atoms with E-state index in [2.05, 4.69) is 63.4 Å². The Balaban J connectivity index is 2.47. The first kappa shape index (κ1) is 15.1. The maximum atomic E-state index is 6.31. The van der Waals surface area contributed by atoms with Gasteiger partial charge in [0.1, 0.15) is 11.5 Å². The van der Waals surface area contributed by atoms with Gasteiger partial charge in [-0.1, -0.05) is 48.6 Å². The lowest BCUT2D eigenvalue weighted by atomic mass is 10.0. The molecule has 0 bridgehead atoms. The minimum atomic E-state index is 0.805. The van der Waals surface area contributed by atoms with Crippen molar-refractivity contribution in [3.8, 4) is 11.5 Å². The summed E-state index contributed by atoms with van der Waals surface area (Å²) >= 11 is 0. The molecule has 0 atom stereocenters. The van der Waals surface area contributed by atoms with Crippen LogP contribution >= 0.6 is 0 Å². The van der Waals surface area contributed by atoms with Crippen LogP contribution in [0.15, 0.2) is 61.7 Å². The molecular weight excluding hydrogens is 256 g/mol. The van der Waals surface area contributed by atoms with E-state index < -0.39 is 0 Å². The van der Waals surface area contributed by atoms with Crippen LogP contribution in [0.25, 0.3) is 0 Å². The van der Waals surface area contributed by atoms with E-state index in [1.807, 2.05) is 12.2 Å². The van der Waals surface area contributed by atoms with Crippen LogP contribution in [-0.4, -0.2) is 0 Å². The molecule has 0 aliphatic rings. The molecule has 0 aliphatic heterocycles. The molecule has 0 amide bonds. The van der Waals surface area contributed by atoms with Crippen LogP contribution < -0.4 is 4.74 Å². The van der Waals surface area contributed by atoms with E-state index in [0.717, 1.165) is 46.6 Å². The second-order valence-corrected chi connectivity index (χ2v) is 5.21. The minimum Gasteiger partial charge on any atom is -0.456 e. The number of rotatable bonds is 6. The molecule has 108 valence electrons. The fourth-order valence-corrected chi connectivity index (χ4v) is 2.45. The van der Waals surface area contributed by atoms with E-state index in [1.165, 1.54) is 0 Å². The molecule has 1 heteroatoms. The van der Waals surface area contributed by atoms with Crippen molar-refractivity contribution in [2.24, 2.45) is 0 Å². The number of hydrogen-bond acceptors (Lipinski definition) is 1. The Bertz CT molecular complexity index is 595. The van der Waals surface area contributed by atoms with Crippen molar-refractivity contribution >= 4 is 0 Å². The zero-order valence-electron chi connectivity index (χ0n) is 12.9. The van der Waals surface area contributed by atoms with Gasteiger partial charge in [-0.3, -0.25) is 0 Å². The highest BCUT2D eigenvalue weighted by atomic mass is 16.5. The molecule has 2 aromatic carbocycles. The molecule has 2 aromatic rings. The van der Waals surface area contributed by atoms with Gasteiger partial charge in [0.25, 0.3) is 0 Å². The molecule has 2 rings (SSSR count). The number of para-hydroxylation sites is 2. The lowest BCUT2D eigenvalue weighted by Crippen LogP contribution is -1.98. The van der Waals surface area contributed by atoms with Crippen molar-refractivity contribution in [2.75, 3.05) is 0 Å². The Morgan fingerprint density at radius 3 is 1.62 bits per heavy atom.